The van der Waals surface area contributed by atoms with Crippen molar-refractivity contribution >= 4 is 23.8 Å². The van der Waals surface area contributed by atoms with Crippen LogP contribution in [-0.4, -0.2) is 71.5 Å². The number of rotatable bonds is 13. The number of benzene rings is 1. The zero-order chi connectivity index (χ0) is 35.5. The summed E-state index contributed by atoms with van der Waals surface area (Å²) in [6.45, 7) is 11.7. The maximum absolute atomic E-state index is 13.4. The molecule has 4 aliphatic heterocycles. The van der Waals surface area contributed by atoms with Gasteiger partial charge in [-0.25, -0.2) is 14.6 Å². The topological polar surface area (TPSA) is 168 Å². The van der Waals surface area contributed by atoms with Gasteiger partial charge in [-0.05, 0) is 75.0 Å². The Morgan fingerprint density at radius 1 is 0.980 bits per heavy atom. The van der Waals surface area contributed by atoms with Gasteiger partial charge in [0, 0.05) is 31.1 Å². The fourth-order valence-electron chi connectivity index (χ4n) is 7.96. The van der Waals surface area contributed by atoms with Crippen molar-refractivity contribution in [1.82, 2.24) is 10.6 Å². The highest BCUT2D eigenvalue weighted by atomic mass is 17.3. The monoisotopic (exact) mass is 688 g/mol. The summed E-state index contributed by atoms with van der Waals surface area (Å²) in [6.07, 6.45) is 1.78. The van der Waals surface area contributed by atoms with Gasteiger partial charge >= 0.3 is 11.9 Å². The molecule has 1 spiro atoms. The second kappa shape index (κ2) is 15.3. The highest BCUT2D eigenvalue weighted by molar-refractivity contribution is 5.91. The van der Waals surface area contributed by atoms with Gasteiger partial charge in [-0.15, -0.1) is 0 Å². The van der Waals surface area contributed by atoms with E-state index in [9.17, 15) is 24.3 Å². The lowest BCUT2D eigenvalue weighted by Crippen LogP contribution is -2.70. The molecule has 1 aromatic carbocycles. The Morgan fingerprint density at radius 3 is 2.41 bits per heavy atom. The van der Waals surface area contributed by atoms with Crippen LogP contribution in [0, 0.1) is 29.6 Å². The number of phenolic OH excluding ortho intramolecular Hbond substituents is 1. The van der Waals surface area contributed by atoms with Crippen molar-refractivity contribution in [2.24, 2.45) is 29.6 Å². The van der Waals surface area contributed by atoms with Crippen molar-refractivity contribution in [3.8, 4) is 5.75 Å². The van der Waals surface area contributed by atoms with Crippen molar-refractivity contribution in [1.29, 1.82) is 0 Å². The summed E-state index contributed by atoms with van der Waals surface area (Å²) in [5.74, 6) is -2.74. The first-order chi connectivity index (χ1) is 23.2. The van der Waals surface area contributed by atoms with Crippen molar-refractivity contribution in [3.63, 3.8) is 0 Å². The third kappa shape index (κ3) is 8.22. The Morgan fingerprint density at radius 2 is 1.71 bits per heavy atom. The zero-order valence-corrected chi connectivity index (χ0v) is 29.4. The van der Waals surface area contributed by atoms with Crippen LogP contribution in [0.2, 0.25) is 0 Å². The Bertz CT molecular complexity index is 1350. The molecule has 1 saturated carbocycles. The predicted molar refractivity (Wildman–Crippen MR) is 174 cm³/mol. The van der Waals surface area contributed by atoms with E-state index in [0.717, 1.165) is 19.3 Å². The number of aromatic hydroxyl groups is 1. The molecule has 0 unspecified atom stereocenters. The van der Waals surface area contributed by atoms with Crippen LogP contribution in [0.1, 0.15) is 92.1 Å². The predicted octanol–water partition coefficient (Wildman–Crippen LogP) is 4.04. The van der Waals surface area contributed by atoms with E-state index in [0.29, 0.717) is 24.3 Å². The molecule has 10 atom stereocenters. The van der Waals surface area contributed by atoms with Crippen LogP contribution in [0.4, 0.5) is 0 Å². The van der Waals surface area contributed by atoms with Crippen LogP contribution in [0.5, 0.6) is 5.75 Å². The van der Waals surface area contributed by atoms with E-state index in [-0.39, 0.29) is 55.3 Å². The number of ether oxygens (including phenoxy) is 4. The molecule has 5 aliphatic rings. The van der Waals surface area contributed by atoms with Crippen LogP contribution in [0.3, 0.4) is 0 Å². The van der Waals surface area contributed by atoms with Crippen LogP contribution in [-0.2, 0) is 54.3 Å². The number of carbonyl (C=O) groups excluding carboxylic acids is 4. The van der Waals surface area contributed by atoms with E-state index in [1.165, 1.54) is 12.1 Å². The molecule has 13 heteroatoms. The summed E-state index contributed by atoms with van der Waals surface area (Å²) in [7, 11) is 0. The normalized spacial score (nSPS) is 33.0. The van der Waals surface area contributed by atoms with E-state index in [1.807, 2.05) is 27.7 Å². The second-order valence-corrected chi connectivity index (χ2v) is 14.7. The lowest BCUT2D eigenvalue weighted by molar-refractivity contribution is -0.576. The third-order valence-corrected chi connectivity index (χ3v) is 10.5. The first-order valence-corrected chi connectivity index (χ1v) is 17.7. The van der Waals surface area contributed by atoms with Gasteiger partial charge in [-0.1, -0.05) is 39.8 Å². The summed E-state index contributed by atoms with van der Waals surface area (Å²) in [4.78, 5) is 64.3. The molecular weight excluding hydrogens is 636 g/mol. The van der Waals surface area contributed by atoms with Crippen molar-refractivity contribution in [2.45, 2.75) is 129 Å². The molecule has 4 saturated heterocycles. The van der Waals surface area contributed by atoms with E-state index in [1.54, 1.807) is 19.1 Å². The summed E-state index contributed by atoms with van der Waals surface area (Å²) in [5, 5.41) is 15.1. The average Bonchev–Trinajstić information content (AvgIpc) is 3.28. The molecule has 5 fully saturated rings. The van der Waals surface area contributed by atoms with E-state index in [4.69, 9.17) is 28.7 Å². The Labute approximate surface area is 288 Å². The molecule has 1 aromatic rings. The SMILES string of the molecule is CCOC(=O)[C@H](Cc1ccc(O)cc1)NC(=O)[C@H](CC(C)C)NC(=O)CCC(=O)O[C@@H]1O[C@@H]2O[C@]3(C)CC[C@H]4[C@H](C)CC[C@@H]([C@H]1C)[C@@]24OO3. The van der Waals surface area contributed by atoms with Crippen molar-refractivity contribution in [2.75, 3.05) is 6.61 Å². The number of phenols is 1. The maximum Gasteiger partial charge on any atom is 0.328 e. The molecule has 3 N–H and O–H groups in total. The minimum absolute atomic E-state index is 0.0148. The molecule has 2 bridgehead atoms. The van der Waals surface area contributed by atoms with Gasteiger partial charge in [0.15, 0.2) is 11.9 Å². The van der Waals surface area contributed by atoms with Gasteiger partial charge in [0.1, 0.15) is 17.8 Å². The molecule has 6 rings (SSSR count). The molecule has 0 aromatic heterocycles. The lowest BCUT2D eigenvalue weighted by Gasteiger charge is -2.59. The van der Waals surface area contributed by atoms with Gasteiger partial charge in [-0.3, -0.25) is 14.4 Å². The molecule has 2 amide bonds. The Hall–Kier alpha value is -3.26. The first-order valence-electron chi connectivity index (χ1n) is 17.7. The standard InChI is InChI=1S/C36H52N2O11/c1-7-44-32(43)28(19-23-9-11-24(39)12-10-23)38-31(42)27(18-20(2)3)37-29(40)14-15-30(41)45-33-22(5)26-13-8-21(4)25-16-17-35(6)47-34(46-33)36(25,26)49-48-35/h9-12,20-22,25-28,33-34,39H,7-8,13-19H2,1-6H3,(H,37,40)(H,38,42)/t21-,22-,25+,26+,27+,28+,33-,34-,35+,36-/m1/s1. The average molecular weight is 689 g/mol. The van der Waals surface area contributed by atoms with Crippen LogP contribution in [0.25, 0.3) is 0 Å². The Kier molecular flexibility index (Phi) is 11.6. The van der Waals surface area contributed by atoms with E-state index < -0.39 is 59.8 Å². The second-order valence-electron chi connectivity index (χ2n) is 14.7. The van der Waals surface area contributed by atoms with E-state index in [2.05, 4.69) is 17.6 Å². The smallest absolute Gasteiger partial charge is 0.328 e. The number of hydrogen-bond donors (Lipinski definition) is 3. The molecule has 4 heterocycles. The minimum atomic E-state index is -1.01. The minimum Gasteiger partial charge on any atom is -0.508 e. The van der Waals surface area contributed by atoms with Crippen molar-refractivity contribution < 1.29 is 53.0 Å². The number of nitrogens with one attached hydrogen (secondary N) is 2. The maximum atomic E-state index is 13.4. The Balaban J connectivity index is 1.18. The van der Waals surface area contributed by atoms with Gasteiger partial charge in [-0.2, -0.15) is 0 Å². The van der Waals surface area contributed by atoms with Crippen molar-refractivity contribution in [3.05, 3.63) is 29.8 Å². The van der Waals surface area contributed by atoms with Crippen LogP contribution in [0.15, 0.2) is 24.3 Å². The largest absolute Gasteiger partial charge is 0.508 e. The van der Waals surface area contributed by atoms with Gasteiger partial charge in [0.2, 0.25) is 23.9 Å². The molecule has 1 aliphatic carbocycles. The fourth-order valence-corrected chi connectivity index (χ4v) is 7.96. The van der Waals surface area contributed by atoms with Gasteiger partial charge < -0.3 is 34.7 Å². The number of esters is 2. The fraction of sp³-hybridized carbons (Fsp3) is 0.722. The van der Waals surface area contributed by atoms with Crippen LogP contribution < -0.4 is 10.6 Å². The lowest BCUT2D eigenvalue weighted by atomic mass is 9.58. The number of hydrogen-bond acceptors (Lipinski definition) is 11. The number of fused-ring (bicyclic) bond motifs is 2. The summed E-state index contributed by atoms with van der Waals surface area (Å²) in [5.41, 5.74) is -0.0744. The summed E-state index contributed by atoms with van der Waals surface area (Å²) >= 11 is 0. The van der Waals surface area contributed by atoms with Crippen LogP contribution >= 0.6 is 0 Å². The van der Waals surface area contributed by atoms with E-state index >= 15 is 0 Å². The summed E-state index contributed by atoms with van der Waals surface area (Å²) in [6, 6.07) is 4.33. The number of carbonyl (C=O) groups is 4. The molecule has 13 nitrogen and oxygen atoms in total. The summed E-state index contributed by atoms with van der Waals surface area (Å²) < 4.78 is 23.7. The highest BCUT2D eigenvalue weighted by Crippen LogP contribution is 2.60. The molecule has 49 heavy (non-hydrogen) atoms. The highest BCUT2D eigenvalue weighted by Gasteiger charge is 2.69. The third-order valence-electron chi connectivity index (χ3n) is 10.5. The molecule has 0 radical (unpaired) electrons. The van der Waals surface area contributed by atoms with Gasteiger partial charge in [0.25, 0.3) is 0 Å². The number of amides is 2. The zero-order valence-electron chi connectivity index (χ0n) is 29.4. The quantitative estimate of drug-likeness (QED) is 0.202. The first kappa shape index (κ1) is 37.0. The molecule has 272 valence electrons. The molecular formula is C36H52N2O11. The van der Waals surface area contributed by atoms with Gasteiger partial charge in [0.05, 0.1) is 13.0 Å².